The SMILES string of the molecule is CCc1cc(C2CN(C(=O)OC(C)(C)C)C2)n(C2CCOC2)n1. The molecule has 2 fully saturated rings. The van der Waals surface area contributed by atoms with E-state index in [0.717, 1.165) is 31.7 Å². The van der Waals surface area contributed by atoms with Crippen LogP contribution in [0.5, 0.6) is 0 Å². The van der Waals surface area contributed by atoms with Crippen molar-refractivity contribution in [2.45, 2.75) is 58.1 Å². The van der Waals surface area contributed by atoms with Gasteiger partial charge in [-0.25, -0.2) is 4.79 Å². The van der Waals surface area contributed by atoms with E-state index in [0.29, 0.717) is 25.0 Å². The molecule has 0 radical (unpaired) electrons. The molecule has 2 saturated heterocycles. The average molecular weight is 321 g/mol. The topological polar surface area (TPSA) is 56.6 Å². The van der Waals surface area contributed by atoms with E-state index in [4.69, 9.17) is 14.6 Å². The number of hydrogen-bond acceptors (Lipinski definition) is 4. The van der Waals surface area contributed by atoms with Crippen molar-refractivity contribution in [3.8, 4) is 0 Å². The molecule has 2 aliphatic rings. The van der Waals surface area contributed by atoms with Crippen LogP contribution in [0.1, 0.15) is 57.5 Å². The Balaban J connectivity index is 1.67. The zero-order valence-corrected chi connectivity index (χ0v) is 14.5. The van der Waals surface area contributed by atoms with Crippen LogP contribution in [0.4, 0.5) is 4.79 Å². The summed E-state index contributed by atoms with van der Waals surface area (Å²) in [5.41, 5.74) is 1.90. The van der Waals surface area contributed by atoms with E-state index in [1.165, 1.54) is 5.69 Å². The number of ether oxygens (including phenoxy) is 2. The van der Waals surface area contributed by atoms with Crippen molar-refractivity contribution in [3.05, 3.63) is 17.5 Å². The van der Waals surface area contributed by atoms with E-state index in [1.54, 1.807) is 4.90 Å². The van der Waals surface area contributed by atoms with E-state index in [9.17, 15) is 4.79 Å². The van der Waals surface area contributed by atoms with Crippen LogP contribution in [-0.4, -0.2) is 52.7 Å². The van der Waals surface area contributed by atoms with Gasteiger partial charge in [0.2, 0.25) is 0 Å². The van der Waals surface area contributed by atoms with Gasteiger partial charge in [0.15, 0.2) is 0 Å². The van der Waals surface area contributed by atoms with Crippen LogP contribution in [0.3, 0.4) is 0 Å². The summed E-state index contributed by atoms with van der Waals surface area (Å²) in [6, 6.07) is 2.52. The largest absolute Gasteiger partial charge is 0.444 e. The monoisotopic (exact) mass is 321 g/mol. The van der Waals surface area contributed by atoms with Gasteiger partial charge in [-0.05, 0) is 39.7 Å². The lowest BCUT2D eigenvalue weighted by Crippen LogP contribution is -2.50. The van der Waals surface area contributed by atoms with Gasteiger partial charge in [0.25, 0.3) is 0 Å². The van der Waals surface area contributed by atoms with Gasteiger partial charge in [-0.1, -0.05) is 6.92 Å². The summed E-state index contributed by atoms with van der Waals surface area (Å²) in [6.45, 7) is 10.8. The minimum absolute atomic E-state index is 0.222. The molecular formula is C17H27N3O3. The maximum Gasteiger partial charge on any atom is 0.410 e. The van der Waals surface area contributed by atoms with Crippen LogP contribution < -0.4 is 0 Å². The molecular weight excluding hydrogens is 294 g/mol. The first-order chi connectivity index (χ1) is 10.9. The Morgan fingerprint density at radius 3 is 2.74 bits per heavy atom. The van der Waals surface area contributed by atoms with E-state index >= 15 is 0 Å². The third-order valence-electron chi connectivity index (χ3n) is 4.38. The van der Waals surface area contributed by atoms with Crippen LogP contribution >= 0.6 is 0 Å². The van der Waals surface area contributed by atoms with Crippen molar-refractivity contribution in [1.82, 2.24) is 14.7 Å². The third-order valence-corrected chi connectivity index (χ3v) is 4.38. The lowest BCUT2D eigenvalue weighted by molar-refractivity contribution is 0.00734. The Kier molecular flexibility index (Phi) is 4.36. The minimum atomic E-state index is -0.444. The first-order valence-corrected chi connectivity index (χ1v) is 8.51. The Labute approximate surface area is 137 Å². The molecule has 128 valence electrons. The molecule has 23 heavy (non-hydrogen) atoms. The summed E-state index contributed by atoms with van der Waals surface area (Å²) in [4.78, 5) is 13.8. The highest BCUT2D eigenvalue weighted by atomic mass is 16.6. The molecule has 0 saturated carbocycles. The van der Waals surface area contributed by atoms with Gasteiger partial charge in [-0.15, -0.1) is 0 Å². The molecule has 1 atom stereocenters. The molecule has 3 rings (SSSR count). The molecule has 2 aliphatic heterocycles. The molecule has 0 aliphatic carbocycles. The zero-order valence-electron chi connectivity index (χ0n) is 14.5. The maximum atomic E-state index is 12.1. The molecule has 6 heteroatoms. The van der Waals surface area contributed by atoms with Gasteiger partial charge >= 0.3 is 6.09 Å². The van der Waals surface area contributed by atoms with Crippen molar-refractivity contribution in [3.63, 3.8) is 0 Å². The van der Waals surface area contributed by atoms with Crippen LogP contribution in [0.15, 0.2) is 6.07 Å². The molecule has 1 amide bonds. The quantitative estimate of drug-likeness (QED) is 0.859. The van der Waals surface area contributed by atoms with Crippen molar-refractivity contribution in [2.75, 3.05) is 26.3 Å². The minimum Gasteiger partial charge on any atom is -0.444 e. The Hall–Kier alpha value is -1.56. The summed E-state index contributed by atoms with van der Waals surface area (Å²) in [6.07, 6.45) is 1.72. The Bertz CT molecular complexity index is 564. The van der Waals surface area contributed by atoms with E-state index in [-0.39, 0.29) is 6.09 Å². The number of likely N-dealkylation sites (tertiary alicyclic amines) is 1. The first-order valence-electron chi connectivity index (χ1n) is 8.51. The van der Waals surface area contributed by atoms with Crippen molar-refractivity contribution >= 4 is 6.09 Å². The van der Waals surface area contributed by atoms with Crippen LogP contribution in [-0.2, 0) is 15.9 Å². The van der Waals surface area contributed by atoms with Gasteiger partial charge < -0.3 is 14.4 Å². The maximum absolute atomic E-state index is 12.1. The number of hydrogen-bond donors (Lipinski definition) is 0. The summed E-state index contributed by atoms with van der Waals surface area (Å²) < 4.78 is 13.1. The highest BCUT2D eigenvalue weighted by Gasteiger charge is 2.37. The van der Waals surface area contributed by atoms with E-state index < -0.39 is 5.60 Å². The Morgan fingerprint density at radius 1 is 1.43 bits per heavy atom. The van der Waals surface area contributed by atoms with E-state index in [1.807, 2.05) is 20.8 Å². The number of nitrogens with zero attached hydrogens (tertiary/aromatic N) is 3. The van der Waals surface area contributed by atoms with Crippen LogP contribution in [0.25, 0.3) is 0 Å². The fourth-order valence-electron chi connectivity index (χ4n) is 3.09. The summed E-state index contributed by atoms with van der Waals surface area (Å²) in [7, 11) is 0. The van der Waals surface area contributed by atoms with E-state index in [2.05, 4.69) is 17.7 Å². The zero-order chi connectivity index (χ0) is 16.6. The summed E-state index contributed by atoms with van der Waals surface area (Å²) in [5, 5.41) is 4.74. The van der Waals surface area contributed by atoms with Crippen molar-refractivity contribution in [2.24, 2.45) is 0 Å². The third kappa shape index (κ3) is 3.52. The number of carbonyl (C=O) groups excluding carboxylic acids is 1. The number of aromatic nitrogens is 2. The standard InChI is InChI=1S/C17H27N3O3/c1-5-13-8-15(20(18-13)14-6-7-22-11-14)12-9-19(10-12)16(21)23-17(2,3)4/h8,12,14H,5-7,9-11H2,1-4H3. The van der Waals surface area contributed by atoms with Gasteiger partial charge in [0.1, 0.15) is 5.60 Å². The number of aryl methyl sites for hydroxylation is 1. The highest BCUT2D eigenvalue weighted by Crippen LogP contribution is 2.32. The second-order valence-corrected chi connectivity index (χ2v) is 7.46. The predicted molar refractivity (Wildman–Crippen MR) is 86.6 cm³/mol. The molecule has 0 aromatic carbocycles. The molecule has 0 spiro atoms. The molecule has 1 aromatic rings. The molecule has 6 nitrogen and oxygen atoms in total. The van der Waals surface area contributed by atoms with Gasteiger partial charge in [-0.2, -0.15) is 5.10 Å². The second-order valence-electron chi connectivity index (χ2n) is 7.46. The predicted octanol–water partition coefficient (Wildman–Crippen LogP) is 2.74. The Morgan fingerprint density at radius 2 is 2.17 bits per heavy atom. The molecule has 1 aromatic heterocycles. The fourth-order valence-corrected chi connectivity index (χ4v) is 3.09. The second kappa shape index (κ2) is 6.15. The molecule has 0 bridgehead atoms. The van der Waals surface area contributed by atoms with Gasteiger partial charge in [-0.3, -0.25) is 4.68 Å². The van der Waals surface area contributed by atoms with Crippen LogP contribution in [0, 0.1) is 0 Å². The fraction of sp³-hybridized carbons (Fsp3) is 0.765. The lowest BCUT2D eigenvalue weighted by atomic mass is 9.96. The van der Waals surface area contributed by atoms with Crippen LogP contribution in [0.2, 0.25) is 0 Å². The van der Waals surface area contributed by atoms with Gasteiger partial charge in [0, 0.05) is 31.3 Å². The molecule has 3 heterocycles. The summed E-state index contributed by atoms with van der Waals surface area (Å²) >= 11 is 0. The smallest absolute Gasteiger partial charge is 0.410 e. The normalized spacial score (nSPS) is 22.3. The number of rotatable bonds is 3. The highest BCUT2D eigenvalue weighted by molar-refractivity contribution is 5.69. The van der Waals surface area contributed by atoms with Gasteiger partial charge in [0.05, 0.1) is 18.3 Å². The number of carbonyl (C=O) groups is 1. The first kappa shape index (κ1) is 16.3. The van der Waals surface area contributed by atoms with Crippen molar-refractivity contribution in [1.29, 1.82) is 0 Å². The number of amides is 1. The molecule has 0 N–H and O–H groups in total. The lowest BCUT2D eigenvalue weighted by Gasteiger charge is -2.40. The summed E-state index contributed by atoms with van der Waals surface area (Å²) in [5.74, 6) is 0.343. The average Bonchev–Trinajstić information content (AvgIpc) is 3.02. The van der Waals surface area contributed by atoms with Crippen molar-refractivity contribution < 1.29 is 14.3 Å². The molecule has 1 unspecified atom stereocenters.